The van der Waals surface area contributed by atoms with Crippen LogP contribution in [0.25, 0.3) is 0 Å². The second kappa shape index (κ2) is 8.70. The first kappa shape index (κ1) is 20.5. The highest BCUT2D eigenvalue weighted by Crippen LogP contribution is 2.20. The summed E-state index contributed by atoms with van der Waals surface area (Å²) in [5.41, 5.74) is 2.09. The summed E-state index contributed by atoms with van der Waals surface area (Å²) in [5.74, 6) is -0.340. The highest BCUT2D eigenvalue weighted by molar-refractivity contribution is 7.98. The van der Waals surface area contributed by atoms with Crippen LogP contribution in [0, 0.1) is 6.92 Å². The van der Waals surface area contributed by atoms with E-state index < -0.39 is 10.0 Å². The van der Waals surface area contributed by atoms with Crippen molar-refractivity contribution in [3.8, 4) is 0 Å². The molecule has 0 saturated heterocycles. The van der Waals surface area contributed by atoms with Gasteiger partial charge >= 0.3 is 0 Å². The molecule has 0 aromatic heterocycles. The summed E-state index contributed by atoms with van der Waals surface area (Å²) in [7, 11) is -2.29. The fourth-order valence-corrected chi connectivity index (χ4v) is 4.19. The molecule has 140 valence electrons. The Morgan fingerprint density at radius 2 is 1.77 bits per heavy atom. The van der Waals surface area contributed by atoms with Crippen molar-refractivity contribution < 1.29 is 13.2 Å². The lowest BCUT2D eigenvalue weighted by Gasteiger charge is -2.20. The Morgan fingerprint density at radius 1 is 1.15 bits per heavy atom. The van der Waals surface area contributed by atoms with Crippen LogP contribution in [0.15, 0.2) is 58.3 Å². The number of carbonyl (C=O) groups is 1. The Morgan fingerprint density at radius 3 is 2.35 bits per heavy atom. The molecule has 5 nitrogen and oxygen atoms in total. The average molecular weight is 393 g/mol. The van der Waals surface area contributed by atoms with E-state index in [9.17, 15) is 13.2 Å². The normalized spacial score (nSPS) is 12.8. The number of amides is 1. The number of rotatable bonds is 7. The molecule has 0 aliphatic heterocycles. The fraction of sp³-hybridized carbons (Fsp3) is 0.316. The van der Waals surface area contributed by atoms with Crippen LogP contribution >= 0.6 is 11.8 Å². The summed E-state index contributed by atoms with van der Waals surface area (Å²) < 4.78 is 26.3. The molecular weight excluding hydrogens is 368 g/mol. The van der Waals surface area contributed by atoms with Crippen LogP contribution in [-0.2, 0) is 14.8 Å². The Hall–Kier alpha value is -1.83. The van der Waals surface area contributed by atoms with Gasteiger partial charge in [0.15, 0.2) is 0 Å². The minimum atomic E-state index is -3.70. The molecule has 0 aliphatic rings. The van der Waals surface area contributed by atoms with Crippen LogP contribution < -0.4 is 5.32 Å². The molecule has 0 fully saturated rings. The summed E-state index contributed by atoms with van der Waals surface area (Å²) >= 11 is 1.54. The quantitative estimate of drug-likeness (QED) is 0.735. The zero-order valence-electron chi connectivity index (χ0n) is 15.4. The Labute approximate surface area is 159 Å². The summed E-state index contributed by atoms with van der Waals surface area (Å²) in [4.78, 5) is 13.5. The standard InChI is InChI=1S/C19H24N2O3S2/c1-14-7-5-6-8-18(14)15(2)20-19(22)13-21(3)26(23,24)17-11-9-16(25-4)10-12-17/h5-12,15H,13H2,1-4H3,(H,20,22)/t15-/m0/s1. The molecule has 0 saturated carbocycles. The molecule has 2 aromatic carbocycles. The van der Waals surface area contributed by atoms with Crippen molar-refractivity contribution in [3.63, 3.8) is 0 Å². The monoisotopic (exact) mass is 392 g/mol. The van der Waals surface area contributed by atoms with Crippen molar-refractivity contribution in [2.75, 3.05) is 19.8 Å². The van der Waals surface area contributed by atoms with E-state index in [0.29, 0.717) is 0 Å². The van der Waals surface area contributed by atoms with Gasteiger partial charge in [0.05, 0.1) is 17.5 Å². The van der Waals surface area contributed by atoms with Crippen LogP contribution in [0.4, 0.5) is 0 Å². The smallest absolute Gasteiger partial charge is 0.243 e. The molecule has 1 atom stereocenters. The van der Waals surface area contributed by atoms with E-state index in [1.807, 2.05) is 44.4 Å². The van der Waals surface area contributed by atoms with Crippen molar-refractivity contribution in [1.29, 1.82) is 0 Å². The van der Waals surface area contributed by atoms with Gasteiger partial charge in [-0.2, -0.15) is 4.31 Å². The Kier molecular flexibility index (Phi) is 6.86. The average Bonchev–Trinajstić information content (AvgIpc) is 2.61. The molecule has 1 amide bonds. The molecule has 0 unspecified atom stereocenters. The van der Waals surface area contributed by atoms with Gasteiger partial charge < -0.3 is 5.32 Å². The predicted octanol–water partition coefficient (Wildman–Crippen LogP) is 3.21. The molecule has 26 heavy (non-hydrogen) atoms. The summed E-state index contributed by atoms with van der Waals surface area (Å²) in [5, 5.41) is 2.86. The maximum atomic E-state index is 12.6. The zero-order chi connectivity index (χ0) is 19.3. The molecular formula is C19H24N2O3S2. The molecule has 0 aliphatic carbocycles. The Balaban J connectivity index is 2.04. The van der Waals surface area contributed by atoms with Crippen molar-refractivity contribution in [1.82, 2.24) is 9.62 Å². The van der Waals surface area contributed by atoms with E-state index in [-0.39, 0.29) is 23.4 Å². The molecule has 0 heterocycles. The van der Waals surface area contributed by atoms with E-state index >= 15 is 0 Å². The van der Waals surface area contributed by atoms with Crippen molar-refractivity contribution in [2.45, 2.75) is 29.7 Å². The second-order valence-electron chi connectivity index (χ2n) is 6.08. The predicted molar refractivity (Wildman–Crippen MR) is 106 cm³/mol. The highest BCUT2D eigenvalue weighted by Gasteiger charge is 2.23. The zero-order valence-corrected chi connectivity index (χ0v) is 17.0. The van der Waals surface area contributed by atoms with Gasteiger partial charge in [0.1, 0.15) is 0 Å². The van der Waals surface area contributed by atoms with Crippen LogP contribution in [0.5, 0.6) is 0 Å². The van der Waals surface area contributed by atoms with Gasteiger partial charge in [0.25, 0.3) is 0 Å². The molecule has 0 bridgehead atoms. The number of carbonyl (C=O) groups excluding carboxylic acids is 1. The van der Waals surface area contributed by atoms with Gasteiger partial charge in [-0.1, -0.05) is 24.3 Å². The first-order valence-electron chi connectivity index (χ1n) is 8.21. The first-order valence-corrected chi connectivity index (χ1v) is 10.9. The maximum Gasteiger partial charge on any atom is 0.243 e. The van der Waals surface area contributed by atoms with Crippen LogP contribution in [0.2, 0.25) is 0 Å². The minimum absolute atomic E-state index is 0.178. The Bertz CT molecular complexity index is 865. The van der Waals surface area contributed by atoms with Crippen molar-refractivity contribution in [2.24, 2.45) is 0 Å². The first-order chi connectivity index (χ1) is 12.3. The summed E-state index contributed by atoms with van der Waals surface area (Å²) in [6.07, 6.45) is 1.93. The third-order valence-electron chi connectivity index (χ3n) is 4.17. The lowest BCUT2D eigenvalue weighted by Crippen LogP contribution is -2.39. The molecule has 0 radical (unpaired) electrons. The number of thioether (sulfide) groups is 1. The molecule has 1 N–H and O–H groups in total. The van der Waals surface area contributed by atoms with E-state index in [1.165, 1.54) is 7.05 Å². The molecule has 2 aromatic rings. The lowest BCUT2D eigenvalue weighted by molar-refractivity contribution is -0.121. The molecule has 0 spiro atoms. The fourth-order valence-electron chi connectivity index (χ4n) is 2.65. The number of nitrogens with one attached hydrogen (secondary N) is 1. The lowest BCUT2D eigenvalue weighted by atomic mass is 10.0. The van der Waals surface area contributed by atoms with E-state index in [0.717, 1.165) is 20.3 Å². The van der Waals surface area contributed by atoms with Crippen LogP contribution in [0.3, 0.4) is 0 Å². The molecule has 7 heteroatoms. The van der Waals surface area contributed by atoms with Gasteiger partial charge in [0, 0.05) is 11.9 Å². The number of benzene rings is 2. The third kappa shape index (κ3) is 4.87. The topological polar surface area (TPSA) is 66.5 Å². The van der Waals surface area contributed by atoms with E-state index in [2.05, 4.69) is 5.32 Å². The van der Waals surface area contributed by atoms with Crippen molar-refractivity contribution in [3.05, 3.63) is 59.7 Å². The number of hydrogen-bond donors (Lipinski definition) is 1. The van der Waals surface area contributed by atoms with Gasteiger partial charge in [0.2, 0.25) is 15.9 Å². The number of likely N-dealkylation sites (N-methyl/N-ethyl adjacent to an activating group) is 1. The summed E-state index contributed by atoms with van der Waals surface area (Å²) in [6, 6.07) is 14.2. The third-order valence-corrected chi connectivity index (χ3v) is 6.73. The summed E-state index contributed by atoms with van der Waals surface area (Å²) in [6.45, 7) is 3.63. The van der Waals surface area contributed by atoms with E-state index in [1.54, 1.807) is 36.0 Å². The minimum Gasteiger partial charge on any atom is -0.348 e. The van der Waals surface area contributed by atoms with Gasteiger partial charge in [-0.3, -0.25) is 4.79 Å². The maximum absolute atomic E-state index is 12.6. The van der Waals surface area contributed by atoms with Gasteiger partial charge in [-0.15, -0.1) is 11.8 Å². The van der Waals surface area contributed by atoms with Crippen molar-refractivity contribution >= 4 is 27.7 Å². The van der Waals surface area contributed by atoms with E-state index in [4.69, 9.17) is 0 Å². The number of hydrogen-bond acceptors (Lipinski definition) is 4. The number of aryl methyl sites for hydroxylation is 1. The highest BCUT2D eigenvalue weighted by atomic mass is 32.2. The van der Waals surface area contributed by atoms with Gasteiger partial charge in [-0.25, -0.2) is 8.42 Å². The number of sulfonamides is 1. The van der Waals surface area contributed by atoms with Gasteiger partial charge in [-0.05, 0) is 55.5 Å². The van der Waals surface area contributed by atoms with Crippen LogP contribution in [0.1, 0.15) is 24.1 Å². The SMILES string of the molecule is CSc1ccc(S(=O)(=O)N(C)CC(=O)N[C@@H](C)c2ccccc2C)cc1. The second-order valence-corrected chi connectivity index (χ2v) is 9.01. The van der Waals surface area contributed by atoms with Crippen LogP contribution in [-0.4, -0.2) is 38.5 Å². The number of nitrogens with zero attached hydrogens (tertiary/aromatic N) is 1. The molecule has 2 rings (SSSR count). The largest absolute Gasteiger partial charge is 0.348 e.